The average molecular weight is 248 g/mol. The Bertz CT molecular complexity index is 562. The molecule has 0 spiro atoms. The molecule has 0 aliphatic carbocycles. The fraction of sp³-hybridized carbons (Fsp3) is 0.0909. The Kier molecular flexibility index (Phi) is 3.42. The van der Waals surface area contributed by atoms with E-state index in [0.717, 1.165) is 6.07 Å². The van der Waals surface area contributed by atoms with Gasteiger partial charge in [0.15, 0.2) is 5.82 Å². The first kappa shape index (κ1) is 11.9. The van der Waals surface area contributed by atoms with Gasteiger partial charge < -0.3 is 5.32 Å². The zero-order valence-corrected chi connectivity index (χ0v) is 9.21. The number of nitro groups is 1. The van der Waals surface area contributed by atoms with Gasteiger partial charge in [0.2, 0.25) is 0 Å². The second-order valence-electron chi connectivity index (χ2n) is 3.47. The van der Waals surface area contributed by atoms with Crippen LogP contribution in [0.15, 0.2) is 36.8 Å². The number of nitrogens with zero attached hydrogens (tertiary/aromatic N) is 3. The minimum atomic E-state index is -0.673. The first-order chi connectivity index (χ1) is 8.66. The standard InChI is InChI=1S/C11H9FN4O2/c12-10-5-9(16(17)18)1-2-11(10)15-7-8-6-13-3-4-14-8/h1-6,15H,7H2. The van der Waals surface area contributed by atoms with E-state index in [1.54, 1.807) is 6.20 Å². The monoisotopic (exact) mass is 248 g/mol. The fourth-order valence-electron chi connectivity index (χ4n) is 1.37. The quantitative estimate of drug-likeness (QED) is 0.662. The summed E-state index contributed by atoms with van der Waals surface area (Å²) in [6.45, 7) is 0.294. The van der Waals surface area contributed by atoms with E-state index in [9.17, 15) is 14.5 Å². The molecule has 0 saturated heterocycles. The van der Waals surface area contributed by atoms with Gasteiger partial charge >= 0.3 is 0 Å². The topological polar surface area (TPSA) is 81.0 Å². The molecule has 18 heavy (non-hydrogen) atoms. The molecule has 0 atom stereocenters. The number of nitrogens with one attached hydrogen (secondary N) is 1. The lowest BCUT2D eigenvalue weighted by Gasteiger charge is -2.06. The molecule has 0 amide bonds. The number of anilines is 1. The Hall–Kier alpha value is -2.57. The maximum atomic E-state index is 13.5. The molecular formula is C11H9FN4O2. The second-order valence-corrected chi connectivity index (χ2v) is 3.47. The molecule has 1 aromatic heterocycles. The van der Waals surface area contributed by atoms with Crippen LogP contribution in [0.2, 0.25) is 0 Å². The number of rotatable bonds is 4. The molecule has 6 nitrogen and oxygen atoms in total. The Labute approximate surface area is 102 Å². The zero-order chi connectivity index (χ0) is 13.0. The summed E-state index contributed by atoms with van der Waals surface area (Å²) < 4.78 is 13.5. The van der Waals surface area contributed by atoms with E-state index in [0.29, 0.717) is 12.2 Å². The molecule has 7 heteroatoms. The van der Waals surface area contributed by atoms with E-state index in [4.69, 9.17) is 0 Å². The highest BCUT2D eigenvalue weighted by Crippen LogP contribution is 2.20. The summed E-state index contributed by atoms with van der Waals surface area (Å²) in [5.74, 6) is -0.673. The third-order valence-corrected chi connectivity index (χ3v) is 2.24. The summed E-state index contributed by atoms with van der Waals surface area (Å²) in [5.41, 5.74) is 0.555. The lowest BCUT2D eigenvalue weighted by Crippen LogP contribution is -2.03. The summed E-state index contributed by atoms with van der Waals surface area (Å²) in [6.07, 6.45) is 4.62. The molecular weight excluding hydrogens is 239 g/mol. The van der Waals surface area contributed by atoms with E-state index >= 15 is 0 Å². The van der Waals surface area contributed by atoms with Gasteiger partial charge in [0, 0.05) is 18.5 Å². The van der Waals surface area contributed by atoms with Crippen molar-refractivity contribution in [3.63, 3.8) is 0 Å². The molecule has 2 aromatic rings. The van der Waals surface area contributed by atoms with Gasteiger partial charge in [-0.15, -0.1) is 0 Å². The van der Waals surface area contributed by atoms with Crippen molar-refractivity contribution in [1.82, 2.24) is 9.97 Å². The first-order valence-corrected chi connectivity index (χ1v) is 5.09. The molecule has 0 radical (unpaired) electrons. The number of nitro benzene ring substituents is 1. The van der Waals surface area contributed by atoms with E-state index in [1.165, 1.54) is 24.5 Å². The fourth-order valence-corrected chi connectivity index (χ4v) is 1.37. The summed E-state index contributed by atoms with van der Waals surface area (Å²) in [5, 5.41) is 13.2. The maximum Gasteiger partial charge on any atom is 0.272 e. The van der Waals surface area contributed by atoms with E-state index in [2.05, 4.69) is 15.3 Å². The molecule has 0 unspecified atom stereocenters. The van der Waals surface area contributed by atoms with E-state index < -0.39 is 10.7 Å². The zero-order valence-electron chi connectivity index (χ0n) is 9.21. The molecule has 0 aliphatic rings. The molecule has 0 saturated carbocycles. The average Bonchev–Trinajstić information content (AvgIpc) is 2.38. The lowest BCUT2D eigenvalue weighted by atomic mass is 10.2. The summed E-state index contributed by atoms with van der Waals surface area (Å²) >= 11 is 0. The van der Waals surface area contributed by atoms with Gasteiger partial charge in [0.25, 0.3) is 5.69 Å². The van der Waals surface area contributed by atoms with E-state index in [-0.39, 0.29) is 11.4 Å². The Balaban J connectivity index is 2.08. The van der Waals surface area contributed by atoms with Gasteiger partial charge in [-0.3, -0.25) is 20.1 Å². The third kappa shape index (κ3) is 2.76. The van der Waals surface area contributed by atoms with Gasteiger partial charge in [-0.25, -0.2) is 4.39 Å². The van der Waals surface area contributed by atoms with Crippen LogP contribution in [-0.4, -0.2) is 14.9 Å². The minimum absolute atomic E-state index is 0.186. The highest BCUT2D eigenvalue weighted by atomic mass is 19.1. The van der Waals surface area contributed by atoms with Crippen LogP contribution in [0.3, 0.4) is 0 Å². The first-order valence-electron chi connectivity index (χ1n) is 5.09. The van der Waals surface area contributed by atoms with Crippen molar-refractivity contribution >= 4 is 11.4 Å². The maximum absolute atomic E-state index is 13.5. The number of hydrogen-bond acceptors (Lipinski definition) is 5. The van der Waals surface area contributed by atoms with Crippen LogP contribution in [0.5, 0.6) is 0 Å². The predicted molar refractivity (Wildman–Crippen MR) is 62.4 cm³/mol. The number of benzene rings is 1. The molecule has 1 heterocycles. The van der Waals surface area contributed by atoms with Crippen molar-refractivity contribution in [1.29, 1.82) is 0 Å². The van der Waals surface area contributed by atoms with Gasteiger partial charge in [0.05, 0.1) is 35.1 Å². The highest BCUT2D eigenvalue weighted by molar-refractivity contribution is 5.50. The van der Waals surface area contributed by atoms with Crippen molar-refractivity contribution in [2.45, 2.75) is 6.54 Å². The summed E-state index contributed by atoms with van der Waals surface area (Å²) in [4.78, 5) is 17.7. The molecule has 0 aliphatic heterocycles. The lowest BCUT2D eigenvalue weighted by molar-refractivity contribution is -0.385. The van der Waals surface area contributed by atoms with Crippen molar-refractivity contribution in [3.8, 4) is 0 Å². The molecule has 1 N–H and O–H groups in total. The number of aromatic nitrogens is 2. The third-order valence-electron chi connectivity index (χ3n) is 2.24. The van der Waals surface area contributed by atoms with Crippen LogP contribution >= 0.6 is 0 Å². The van der Waals surface area contributed by atoms with E-state index in [1.807, 2.05) is 0 Å². The van der Waals surface area contributed by atoms with Gasteiger partial charge in [0.1, 0.15) is 0 Å². The minimum Gasteiger partial charge on any atom is -0.377 e. The van der Waals surface area contributed by atoms with Gasteiger partial charge in [-0.2, -0.15) is 0 Å². The number of hydrogen-bond donors (Lipinski definition) is 1. The number of non-ortho nitro benzene ring substituents is 1. The molecule has 92 valence electrons. The largest absolute Gasteiger partial charge is 0.377 e. The second kappa shape index (κ2) is 5.17. The normalized spacial score (nSPS) is 10.1. The van der Waals surface area contributed by atoms with Crippen LogP contribution in [0.1, 0.15) is 5.69 Å². The van der Waals surface area contributed by atoms with Crippen molar-refractivity contribution in [3.05, 3.63) is 58.4 Å². The molecule has 0 fully saturated rings. The van der Waals surface area contributed by atoms with Gasteiger partial charge in [-0.05, 0) is 6.07 Å². The van der Waals surface area contributed by atoms with Crippen LogP contribution < -0.4 is 5.32 Å². The molecule has 2 rings (SSSR count). The van der Waals surface area contributed by atoms with Crippen LogP contribution in [-0.2, 0) is 6.54 Å². The Morgan fingerprint density at radius 1 is 1.39 bits per heavy atom. The Morgan fingerprint density at radius 3 is 2.83 bits per heavy atom. The van der Waals surface area contributed by atoms with Gasteiger partial charge in [-0.1, -0.05) is 0 Å². The van der Waals surface area contributed by atoms with Crippen LogP contribution in [0.25, 0.3) is 0 Å². The molecule has 0 bridgehead atoms. The summed E-state index contributed by atoms with van der Waals surface area (Å²) in [7, 11) is 0. The SMILES string of the molecule is O=[N+]([O-])c1ccc(NCc2cnccn2)c(F)c1. The van der Waals surface area contributed by atoms with Crippen LogP contribution in [0, 0.1) is 15.9 Å². The van der Waals surface area contributed by atoms with Crippen molar-refractivity contribution in [2.24, 2.45) is 0 Å². The summed E-state index contributed by atoms with van der Waals surface area (Å²) in [6, 6.07) is 3.44. The predicted octanol–water partition coefficient (Wildman–Crippen LogP) is 2.14. The van der Waals surface area contributed by atoms with Crippen molar-refractivity contribution in [2.75, 3.05) is 5.32 Å². The highest BCUT2D eigenvalue weighted by Gasteiger charge is 2.10. The van der Waals surface area contributed by atoms with Crippen LogP contribution in [0.4, 0.5) is 15.8 Å². The smallest absolute Gasteiger partial charge is 0.272 e. The van der Waals surface area contributed by atoms with Crippen molar-refractivity contribution < 1.29 is 9.31 Å². The Morgan fingerprint density at radius 2 is 2.22 bits per heavy atom. The number of halogens is 1. The molecule has 1 aromatic carbocycles.